The summed E-state index contributed by atoms with van der Waals surface area (Å²) in [5, 5.41) is 2.63. The predicted molar refractivity (Wildman–Crippen MR) is 129 cm³/mol. The van der Waals surface area contributed by atoms with E-state index in [0.29, 0.717) is 16.9 Å². The Balaban J connectivity index is 1.43. The number of carbonyl (C=O) groups is 4. The Labute approximate surface area is 205 Å². The zero-order valence-corrected chi connectivity index (χ0v) is 19.5. The molecular formula is C26H19ClN2O6. The summed E-state index contributed by atoms with van der Waals surface area (Å²) in [5.74, 6) is -2.06. The maximum absolute atomic E-state index is 12.9. The SMILES string of the molecule is COC(=O)c1ccc(OC(=O)c2ccc(NC3=C(Cl)C(=O)N(c4ccc(C)cc4)C3=O)cc2)cc1. The highest BCUT2D eigenvalue weighted by atomic mass is 35.5. The van der Waals surface area contributed by atoms with Crippen LogP contribution < -0.4 is 15.0 Å². The van der Waals surface area contributed by atoms with E-state index in [1.54, 1.807) is 36.4 Å². The molecule has 0 saturated heterocycles. The van der Waals surface area contributed by atoms with E-state index in [0.717, 1.165) is 10.5 Å². The average molecular weight is 491 g/mol. The topological polar surface area (TPSA) is 102 Å². The summed E-state index contributed by atoms with van der Waals surface area (Å²) in [6.07, 6.45) is 0. The van der Waals surface area contributed by atoms with Crippen molar-refractivity contribution in [2.45, 2.75) is 6.92 Å². The fourth-order valence-corrected chi connectivity index (χ4v) is 3.53. The van der Waals surface area contributed by atoms with E-state index < -0.39 is 23.8 Å². The lowest BCUT2D eigenvalue weighted by Crippen LogP contribution is -2.32. The molecule has 3 aromatic rings. The molecule has 1 N–H and O–H groups in total. The van der Waals surface area contributed by atoms with Gasteiger partial charge in [0, 0.05) is 5.69 Å². The lowest BCUT2D eigenvalue weighted by Gasteiger charge is -2.15. The monoisotopic (exact) mass is 490 g/mol. The minimum absolute atomic E-state index is 0.0572. The molecule has 4 rings (SSSR count). The van der Waals surface area contributed by atoms with Crippen molar-refractivity contribution in [2.24, 2.45) is 0 Å². The van der Waals surface area contributed by atoms with Crippen molar-refractivity contribution < 1.29 is 28.7 Å². The number of carbonyl (C=O) groups excluding carboxylic acids is 4. The Morgan fingerprint density at radius 1 is 0.800 bits per heavy atom. The van der Waals surface area contributed by atoms with Gasteiger partial charge in [-0.05, 0) is 67.6 Å². The predicted octanol–water partition coefficient (Wildman–Crippen LogP) is 4.44. The highest BCUT2D eigenvalue weighted by Crippen LogP contribution is 2.30. The minimum atomic E-state index is -0.624. The van der Waals surface area contributed by atoms with Gasteiger partial charge in [0.15, 0.2) is 0 Å². The number of imide groups is 1. The molecule has 1 aliphatic heterocycles. The first-order valence-corrected chi connectivity index (χ1v) is 10.8. The summed E-state index contributed by atoms with van der Waals surface area (Å²) in [4.78, 5) is 50.4. The van der Waals surface area contributed by atoms with Gasteiger partial charge < -0.3 is 14.8 Å². The number of anilines is 2. The molecule has 0 bridgehead atoms. The molecule has 3 aromatic carbocycles. The number of halogens is 1. The third-order valence-electron chi connectivity index (χ3n) is 5.20. The summed E-state index contributed by atoms with van der Waals surface area (Å²) >= 11 is 6.16. The number of ether oxygens (including phenoxy) is 2. The van der Waals surface area contributed by atoms with E-state index >= 15 is 0 Å². The molecule has 8 nitrogen and oxygen atoms in total. The van der Waals surface area contributed by atoms with Crippen LogP contribution in [0.5, 0.6) is 5.75 Å². The molecule has 2 amide bonds. The molecule has 0 radical (unpaired) electrons. The van der Waals surface area contributed by atoms with Crippen molar-refractivity contribution in [2.75, 3.05) is 17.3 Å². The van der Waals surface area contributed by atoms with Gasteiger partial charge in [-0.3, -0.25) is 9.59 Å². The molecular weight excluding hydrogens is 472 g/mol. The molecule has 35 heavy (non-hydrogen) atoms. The Morgan fingerprint density at radius 2 is 1.37 bits per heavy atom. The Kier molecular flexibility index (Phi) is 6.66. The van der Waals surface area contributed by atoms with Crippen LogP contribution in [0.3, 0.4) is 0 Å². The van der Waals surface area contributed by atoms with Gasteiger partial charge in [0.1, 0.15) is 16.5 Å². The van der Waals surface area contributed by atoms with Gasteiger partial charge in [0.25, 0.3) is 11.8 Å². The first kappa shape index (κ1) is 23.7. The average Bonchev–Trinajstić information content (AvgIpc) is 3.08. The van der Waals surface area contributed by atoms with Crippen molar-refractivity contribution >= 4 is 46.7 Å². The second kappa shape index (κ2) is 9.82. The highest BCUT2D eigenvalue weighted by molar-refractivity contribution is 6.53. The summed E-state index contributed by atoms with van der Waals surface area (Å²) in [7, 11) is 1.28. The second-order valence-electron chi connectivity index (χ2n) is 7.58. The number of amides is 2. The molecule has 0 fully saturated rings. The van der Waals surface area contributed by atoms with Crippen molar-refractivity contribution in [3.8, 4) is 5.75 Å². The third-order valence-corrected chi connectivity index (χ3v) is 5.55. The number of rotatable bonds is 6. The van der Waals surface area contributed by atoms with E-state index in [4.69, 9.17) is 16.3 Å². The number of aryl methyl sites for hydroxylation is 1. The fourth-order valence-electron chi connectivity index (χ4n) is 3.32. The molecule has 0 unspecified atom stereocenters. The van der Waals surface area contributed by atoms with E-state index in [1.807, 2.05) is 6.92 Å². The van der Waals surface area contributed by atoms with Gasteiger partial charge in [0.05, 0.1) is 23.9 Å². The smallest absolute Gasteiger partial charge is 0.343 e. The number of nitrogens with zero attached hydrogens (tertiary/aromatic N) is 1. The number of hydrogen-bond acceptors (Lipinski definition) is 7. The number of nitrogens with one attached hydrogen (secondary N) is 1. The van der Waals surface area contributed by atoms with Crippen LogP contribution in [0.2, 0.25) is 0 Å². The van der Waals surface area contributed by atoms with Crippen LogP contribution in [0.1, 0.15) is 26.3 Å². The maximum Gasteiger partial charge on any atom is 0.343 e. The fraction of sp³-hybridized carbons (Fsp3) is 0.0769. The van der Waals surface area contributed by atoms with Crippen molar-refractivity contribution in [1.82, 2.24) is 0 Å². The maximum atomic E-state index is 12.9. The van der Waals surface area contributed by atoms with Crippen LogP contribution in [-0.4, -0.2) is 30.9 Å². The molecule has 1 aliphatic rings. The zero-order chi connectivity index (χ0) is 25.1. The van der Waals surface area contributed by atoms with Gasteiger partial charge >= 0.3 is 11.9 Å². The van der Waals surface area contributed by atoms with Crippen LogP contribution in [0.25, 0.3) is 0 Å². The van der Waals surface area contributed by atoms with E-state index in [-0.39, 0.29) is 22.0 Å². The Hall–Kier alpha value is -4.43. The second-order valence-corrected chi connectivity index (χ2v) is 7.96. The van der Waals surface area contributed by atoms with Gasteiger partial charge in [0.2, 0.25) is 0 Å². The van der Waals surface area contributed by atoms with Gasteiger partial charge in [-0.1, -0.05) is 29.3 Å². The highest BCUT2D eigenvalue weighted by Gasteiger charge is 2.38. The quantitative estimate of drug-likeness (QED) is 0.309. The van der Waals surface area contributed by atoms with Crippen molar-refractivity contribution in [3.05, 3.63) is 100 Å². The summed E-state index contributed by atoms with van der Waals surface area (Å²) in [6, 6.07) is 19.0. The van der Waals surface area contributed by atoms with Crippen LogP contribution in [0, 0.1) is 6.92 Å². The standard InChI is InChI=1S/C26H19ClN2O6/c1-15-3-11-19(12-4-15)29-23(30)21(27)22(24(29)31)28-18-9-5-17(6-10-18)26(33)35-20-13-7-16(8-14-20)25(32)34-2/h3-14,28H,1-2H3. The lowest BCUT2D eigenvalue weighted by molar-refractivity contribution is -0.120. The third kappa shape index (κ3) is 4.92. The summed E-state index contributed by atoms with van der Waals surface area (Å²) in [6.45, 7) is 1.90. The van der Waals surface area contributed by atoms with Crippen LogP contribution >= 0.6 is 11.6 Å². The zero-order valence-electron chi connectivity index (χ0n) is 18.7. The first-order valence-electron chi connectivity index (χ1n) is 10.4. The molecule has 176 valence electrons. The summed E-state index contributed by atoms with van der Waals surface area (Å²) in [5.41, 5.74) is 2.38. The number of methoxy groups -OCH3 is 1. The normalized spacial score (nSPS) is 13.2. The van der Waals surface area contributed by atoms with Crippen LogP contribution in [0.15, 0.2) is 83.5 Å². The van der Waals surface area contributed by atoms with E-state index in [9.17, 15) is 19.2 Å². The van der Waals surface area contributed by atoms with E-state index in [2.05, 4.69) is 10.1 Å². The molecule has 0 aliphatic carbocycles. The molecule has 0 spiro atoms. The molecule has 9 heteroatoms. The van der Waals surface area contributed by atoms with Crippen LogP contribution in [-0.2, 0) is 14.3 Å². The van der Waals surface area contributed by atoms with Gasteiger partial charge in [-0.2, -0.15) is 0 Å². The number of benzene rings is 3. The number of hydrogen-bond donors (Lipinski definition) is 1. The molecule has 1 heterocycles. The minimum Gasteiger partial charge on any atom is -0.465 e. The molecule has 0 atom stereocenters. The Bertz CT molecular complexity index is 1350. The summed E-state index contributed by atoms with van der Waals surface area (Å²) < 4.78 is 9.94. The number of esters is 2. The Morgan fingerprint density at radius 3 is 1.97 bits per heavy atom. The van der Waals surface area contributed by atoms with E-state index in [1.165, 1.54) is 43.5 Å². The van der Waals surface area contributed by atoms with Gasteiger partial charge in [-0.25, -0.2) is 14.5 Å². The largest absolute Gasteiger partial charge is 0.465 e. The molecule has 0 aromatic heterocycles. The molecule has 0 saturated carbocycles. The van der Waals surface area contributed by atoms with Crippen LogP contribution in [0.4, 0.5) is 11.4 Å². The van der Waals surface area contributed by atoms with Gasteiger partial charge in [-0.15, -0.1) is 0 Å². The van der Waals surface area contributed by atoms with Crippen molar-refractivity contribution in [1.29, 1.82) is 0 Å². The first-order chi connectivity index (χ1) is 16.8. The van der Waals surface area contributed by atoms with Crippen molar-refractivity contribution in [3.63, 3.8) is 0 Å². The lowest BCUT2D eigenvalue weighted by atomic mass is 10.2.